The molecule has 0 aromatic carbocycles. The van der Waals surface area contributed by atoms with Gasteiger partial charge in [-0.05, 0) is 31.2 Å². The summed E-state index contributed by atoms with van der Waals surface area (Å²) in [6.45, 7) is 5.10. The first-order chi connectivity index (χ1) is 9.63. The van der Waals surface area contributed by atoms with Gasteiger partial charge in [0.1, 0.15) is 5.52 Å². The third kappa shape index (κ3) is 2.26. The van der Waals surface area contributed by atoms with Crippen LogP contribution in [0.3, 0.4) is 0 Å². The van der Waals surface area contributed by atoms with Gasteiger partial charge < -0.3 is 10.1 Å². The summed E-state index contributed by atoms with van der Waals surface area (Å²) in [5.41, 5.74) is 2.11. The van der Waals surface area contributed by atoms with Crippen molar-refractivity contribution in [3.05, 3.63) is 24.2 Å². The van der Waals surface area contributed by atoms with E-state index < -0.39 is 0 Å². The number of rotatable bonds is 5. The van der Waals surface area contributed by atoms with Gasteiger partial charge in [-0.3, -0.25) is 0 Å². The van der Waals surface area contributed by atoms with Crippen LogP contribution in [0.25, 0.3) is 5.52 Å². The van der Waals surface area contributed by atoms with Gasteiger partial charge in [-0.2, -0.15) is 5.10 Å². The zero-order valence-corrected chi connectivity index (χ0v) is 12.4. The predicted molar refractivity (Wildman–Crippen MR) is 79.2 cm³/mol. The lowest BCUT2D eigenvalue weighted by Gasteiger charge is -2.40. The lowest BCUT2D eigenvalue weighted by molar-refractivity contribution is -0.0601. The van der Waals surface area contributed by atoms with Crippen LogP contribution in [0.4, 0.5) is 5.82 Å². The molecule has 0 radical (unpaired) electrons. The van der Waals surface area contributed by atoms with E-state index in [0.717, 1.165) is 36.4 Å². The van der Waals surface area contributed by atoms with Crippen molar-refractivity contribution in [3.63, 3.8) is 0 Å². The van der Waals surface area contributed by atoms with Crippen LogP contribution in [0.15, 0.2) is 18.5 Å². The van der Waals surface area contributed by atoms with E-state index in [4.69, 9.17) is 4.74 Å². The van der Waals surface area contributed by atoms with E-state index in [0.29, 0.717) is 5.92 Å². The highest BCUT2D eigenvalue weighted by molar-refractivity contribution is 5.68. The second-order valence-electron chi connectivity index (χ2n) is 5.92. The Hall–Kier alpha value is -1.62. The third-order valence-electron chi connectivity index (χ3n) is 4.28. The summed E-state index contributed by atoms with van der Waals surface area (Å²) in [5, 5.41) is 8.01. The van der Waals surface area contributed by atoms with Gasteiger partial charge >= 0.3 is 0 Å². The van der Waals surface area contributed by atoms with E-state index in [2.05, 4.69) is 35.3 Å². The standard InChI is InChI=1S/C15H22N4O/c1-11(2)12-9-13-14(16-7-8-19(13)18-12)17-10-15(20-3)5-4-6-15/h7-9,11H,4-6,10H2,1-3H3,(H,16,17). The van der Waals surface area contributed by atoms with Gasteiger partial charge in [-0.1, -0.05) is 13.8 Å². The topological polar surface area (TPSA) is 51.5 Å². The molecule has 108 valence electrons. The summed E-state index contributed by atoms with van der Waals surface area (Å²) < 4.78 is 7.53. The molecular weight excluding hydrogens is 252 g/mol. The van der Waals surface area contributed by atoms with Gasteiger partial charge in [0.25, 0.3) is 0 Å². The number of nitrogens with zero attached hydrogens (tertiary/aromatic N) is 3. The van der Waals surface area contributed by atoms with Gasteiger partial charge in [-0.25, -0.2) is 9.50 Å². The second-order valence-corrected chi connectivity index (χ2v) is 5.92. The lowest BCUT2D eigenvalue weighted by atomic mass is 9.80. The lowest BCUT2D eigenvalue weighted by Crippen LogP contribution is -2.45. The van der Waals surface area contributed by atoms with Crippen LogP contribution in [0.2, 0.25) is 0 Å². The van der Waals surface area contributed by atoms with Gasteiger partial charge in [-0.15, -0.1) is 0 Å². The summed E-state index contributed by atoms with van der Waals surface area (Å²) in [6, 6.07) is 2.11. The SMILES string of the molecule is COC1(CNc2nccn3nc(C(C)C)cc23)CCC1. The van der Waals surface area contributed by atoms with E-state index in [9.17, 15) is 0 Å². The first-order valence-corrected chi connectivity index (χ1v) is 7.27. The molecule has 0 unspecified atom stereocenters. The second kappa shape index (κ2) is 5.05. The van der Waals surface area contributed by atoms with Crippen LogP contribution in [0, 0.1) is 0 Å². The number of ether oxygens (including phenoxy) is 1. The monoisotopic (exact) mass is 274 g/mol. The maximum atomic E-state index is 5.64. The molecule has 20 heavy (non-hydrogen) atoms. The van der Waals surface area contributed by atoms with Gasteiger partial charge in [0.15, 0.2) is 5.82 Å². The minimum Gasteiger partial charge on any atom is -0.376 e. The van der Waals surface area contributed by atoms with Crippen LogP contribution in [-0.4, -0.2) is 33.9 Å². The minimum atomic E-state index is -0.00455. The first kappa shape index (κ1) is 13.4. The van der Waals surface area contributed by atoms with Gasteiger partial charge in [0.2, 0.25) is 0 Å². The molecule has 0 bridgehead atoms. The van der Waals surface area contributed by atoms with Crippen molar-refractivity contribution in [2.45, 2.75) is 44.6 Å². The molecule has 1 aliphatic carbocycles. The van der Waals surface area contributed by atoms with Crippen molar-refractivity contribution in [1.82, 2.24) is 14.6 Å². The quantitative estimate of drug-likeness (QED) is 0.911. The van der Waals surface area contributed by atoms with Crippen molar-refractivity contribution in [3.8, 4) is 0 Å². The Bertz CT molecular complexity index is 595. The Morgan fingerprint density at radius 2 is 2.25 bits per heavy atom. The molecule has 1 N–H and O–H groups in total. The summed E-state index contributed by atoms with van der Waals surface area (Å²) >= 11 is 0. The number of anilines is 1. The number of nitrogens with one attached hydrogen (secondary N) is 1. The molecule has 0 aliphatic heterocycles. The molecule has 3 rings (SSSR count). The largest absolute Gasteiger partial charge is 0.376 e. The van der Waals surface area contributed by atoms with Crippen molar-refractivity contribution in [1.29, 1.82) is 0 Å². The average molecular weight is 274 g/mol. The third-order valence-corrected chi connectivity index (χ3v) is 4.28. The average Bonchev–Trinajstić information content (AvgIpc) is 2.83. The minimum absolute atomic E-state index is 0.00455. The molecule has 5 heteroatoms. The fourth-order valence-corrected chi connectivity index (χ4v) is 2.63. The number of aromatic nitrogens is 3. The first-order valence-electron chi connectivity index (χ1n) is 7.27. The van der Waals surface area contributed by atoms with Crippen molar-refractivity contribution in [2.75, 3.05) is 19.0 Å². The van der Waals surface area contributed by atoms with E-state index in [1.165, 1.54) is 6.42 Å². The van der Waals surface area contributed by atoms with E-state index in [-0.39, 0.29) is 5.60 Å². The molecule has 2 aromatic heterocycles. The van der Waals surface area contributed by atoms with Crippen LogP contribution in [0.1, 0.15) is 44.7 Å². The molecule has 0 spiro atoms. The van der Waals surface area contributed by atoms with Crippen LogP contribution < -0.4 is 5.32 Å². The molecule has 1 saturated carbocycles. The highest BCUT2D eigenvalue weighted by atomic mass is 16.5. The number of fused-ring (bicyclic) bond motifs is 1. The highest BCUT2D eigenvalue weighted by Gasteiger charge is 2.36. The zero-order chi connectivity index (χ0) is 14.2. The molecule has 1 aliphatic rings. The Morgan fingerprint density at radius 1 is 1.45 bits per heavy atom. The fourth-order valence-electron chi connectivity index (χ4n) is 2.63. The molecule has 0 atom stereocenters. The zero-order valence-electron chi connectivity index (χ0n) is 12.4. The molecule has 0 amide bonds. The Kier molecular flexibility index (Phi) is 3.38. The normalized spacial score (nSPS) is 17.4. The fraction of sp³-hybridized carbons (Fsp3) is 0.600. The van der Waals surface area contributed by atoms with Gasteiger partial charge in [0.05, 0.1) is 11.3 Å². The molecule has 0 saturated heterocycles. The number of hydrogen-bond donors (Lipinski definition) is 1. The summed E-state index contributed by atoms with van der Waals surface area (Å²) in [5.74, 6) is 1.30. The van der Waals surface area contributed by atoms with Crippen molar-refractivity contribution >= 4 is 11.3 Å². The molecule has 2 aromatic rings. The van der Waals surface area contributed by atoms with Crippen LogP contribution in [-0.2, 0) is 4.74 Å². The highest BCUT2D eigenvalue weighted by Crippen LogP contribution is 2.35. The van der Waals surface area contributed by atoms with E-state index in [1.807, 2.05) is 10.7 Å². The Morgan fingerprint density at radius 3 is 2.85 bits per heavy atom. The van der Waals surface area contributed by atoms with Crippen LogP contribution >= 0.6 is 0 Å². The number of hydrogen-bond acceptors (Lipinski definition) is 4. The van der Waals surface area contributed by atoms with Crippen molar-refractivity contribution in [2.24, 2.45) is 0 Å². The summed E-state index contributed by atoms with van der Waals surface area (Å²) in [7, 11) is 1.80. The van der Waals surface area contributed by atoms with Gasteiger partial charge in [0, 0.05) is 26.0 Å². The van der Waals surface area contributed by atoms with E-state index in [1.54, 1.807) is 13.3 Å². The maximum Gasteiger partial charge on any atom is 0.152 e. The molecular formula is C15H22N4O. The summed E-state index contributed by atoms with van der Waals surface area (Å²) in [6.07, 6.45) is 7.16. The van der Waals surface area contributed by atoms with Crippen LogP contribution in [0.5, 0.6) is 0 Å². The van der Waals surface area contributed by atoms with Crippen molar-refractivity contribution < 1.29 is 4.74 Å². The molecule has 1 fully saturated rings. The smallest absolute Gasteiger partial charge is 0.152 e. The molecule has 2 heterocycles. The summed E-state index contributed by atoms with van der Waals surface area (Å²) in [4.78, 5) is 4.45. The van der Waals surface area contributed by atoms with E-state index >= 15 is 0 Å². The Balaban J connectivity index is 1.84. The Labute approximate surface area is 119 Å². The predicted octanol–water partition coefficient (Wildman–Crippen LogP) is 2.83. The number of methoxy groups -OCH3 is 1. The molecule has 5 nitrogen and oxygen atoms in total. The maximum absolute atomic E-state index is 5.64.